The predicted molar refractivity (Wildman–Crippen MR) is 75.7 cm³/mol. The number of carbonyl (C=O) groups is 1. The van der Waals surface area contributed by atoms with Gasteiger partial charge in [0.05, 0.1) is 10.6 Å². The number of aromatic nitrogens is 2. The van der Waals surface area contributed by atoms with Gasteiger partial charge in [-0.15, -0.1) is 0 Å². The molecule has 4 nitrogen and oxygen atoms in total. The summed E-state index contributed by atoms with van der Waals surface area (Å²) in [6.07, 6.45) is 5.09. The standard InChI is InChI=1S/C13H13Cl2N3O/c14-9-3-4-10(11(15)8-9)13(19)18-5-1-2-12-16-6-7-17-12/h3-4,6-8H,1-2,5H2,(H,16,17)(H,18,19). The van der Waals surface area contributed by atoms with Gasteiger partial charge in [-0.3, -0.25) is 4.79 Å². The van der Waals surface area contributed by atoms with E-state index < -0.39 is 0 Å². The van der Waals surface area contributed by atoms with Gasteiger partial charge < -0.3 is 10.3 Å². The van der Waals surface area contributed by atoms with Crippen molar-refractivity contribution in [2.45, 2.75) is 12.8 Å². The molecule has 6 heteroatoms. The number of amides is 1. The smallest absolute Gasteiger partial charge is 0.252 e. The number of nitrogens with one attached hydrogen (secondary N) is 2. The van der Waals surface area contributed by atoms with Crippen LogP contribution in [0.4, 0.5) is 0 Å². The van der Waals surface area contributed by atoms with Crippen molar-refractivity contribution in [2.75, 3.05) is 6.54 Å². The summed E-state index contributed by atoms with van der Waals surface area (Å²) in [4.78, 5) is 19.0. The number of imidazole rings is 1. The zero-order chi connectivity index (χ0) is 13.7. The number of halogens is 2. The molecule has 1 heterocycles. The van der Waals surface area contributed by atoms with Gasteiger partial charge >= 0.3 is 0 Å². The normalized spacial score (nSPS) is 10.4. The van der Waals surface area contributed by atoms with E-state index in [0.717, 1.165) is 18.7 Å². The van der Waals surface area contributed by atoms with Crippen LogP contribution in [0, 0.1) is 0 Å². The van der Waals surface area contributed by atoms with Crippen molar-refractivity contribution in [2.24, 2.45) is 0 Å². The van der Waals surface area contributed by atoms with E-state index in [-0.39, 0.29) is 5.91 Å². The highest BCUT2D eigenvalue weighted by Gasteiger charge is 2.09. The van der Waals surface area contributed by atoms with Crippen LogP contribution in [0.25, 0.3) is 0 Å². The molecule has 2 N–H and O–H groups in total. The maximum Gasteiger partial charge on any atom is 0.252 e. The second kappa shape index (κ2) is 6.59. The van der Waals surface area contributed by atoms with E-state index in [0.29, 0.717) is 22.2 Å². The minimum Gasteiger partial charge on any atom is -0.352 e. The summed E-state index contributed by atoms with van der Waals surface area (Å²) in [5.74, 6) is 0.722. The lowest BCUT2D eigenvalue weighted by atomic mass is 10.2. The Morgan fingerprint density at radius 3 is 2.89 bits per heavy atom. The molecule has 0 spiro atoms. The minimum atomic E-state index is -0.193. The van der Waals surface area contributed by atoms with E-state index >= 15 is 0 Å². The molecule has 0 radical (unpaired) electrons. The Morgan fingerprint density at radius 1 is 1.37 bits per heavy atom. The fourth-order valence-electron chi connectivity index (χ4n) is 1.66. The zero-order valence-corrected chi connectivity index (χ0v) is 11.6. The number of aromatic amines is 1. The highest BCUT2D eigenvalue weighted by molar-refractivity contribution is 6.36. The third-order valence-electron chi connectivity index (χ3n) is 2.61. The van der Waals surface area contributed by atoms with Crippen molar-refractivity contribution in [1.82, 2.24) is 15.3 Å². The van der Waals surface area contributed by atoms with E-state index in [2.05, 4.69) is 15.3 Å². The molecule has 1 aromatic carbocycles. The number of hydrogen-bond acceptors (Lipinski definition) is 2. The Morgan fingerprint density at radius 2 is 2.21 bits per heavy atom. The number of benzene rings is 1. The van der Waals surface area contributed by atoms with Crippen LogP contribution in [0.5, 0.6) is 0 Å². The van der Waals surface area contributed by atoms with Gasteiger partial charge in [0.2, 0.25) is 0 Å². The van der Waals surface area contributed by atoms with Crippen LogP contribution in [0.15, 0.2) is 30.6 Å². The van der Waals surface area contributed by atoms with Gasteiger partial charge in [-0.1, -0.05) is 23.2 Å². The first-order chi connectivity index (χ1) is 9.16. The maximum absolute atomic E-state index is 11.9. The molecule has 0 saturated heterocycles. The molecule has 0 saturated carbocycles. The van der Waals surface area contributed by atoms with Gasteiger partial charge in [-0.2, -0.15) is 0 Å². The highest BCUT2D eigenvalue weighted by atomic mass is 35.5. The summed E-state index contributed by atoms with van der Waals surface area (Å²) in [7, 11) is 0. The van der Waals surface area contributed by atoms with Crippen molar-refractivity contribution in [1.29, 1.82) is 0 Å². The summed E-state index contributed by atoms with van der Waals surface area (Å²) in [5.41, 5.74) is 0.434. The van der Waals surface area contributed by atoms with Crippen molar-refractivity contribution in [3.05, 3.63) is 52.0 Å². The van der Waals surface area contributed by atoms with Crippen molar-refractivity contribution < 1.29 is 4.79 Å². The first kappa shape index (κ1) is 13.9. The molecular formula is C13H13Cl2N3O. The SMILES string of the molecule is O=C(NCCCc1ncc[nH]1)c1ccc(Cl)cc1Cl. The first-order valence-corrected chi connectivity index (χ1v) is 6.64. The molecular weight excluding hydrogens is 285 g/mol. The van der Waals surface area contributed by atoms with E-state index in [4.69, 9.17) is 23.2 Å². The largest absolute Gasteiger partial charge is 0.352 e. The van der Waals surface area contributed by atoms with Crippen LogP contribution >= 0.6 is 23.2 Å². The molecule has 0 atom stereocenters. The third kappa shape index (κ3) is 3.98. The van der Waals surface area contributed by atoms with Crippen molar-refractivity contribution >= 4 is 29.1 Å². The number of hydrogen-bond donors (Lipinski definition) is 2. The number of H-pyrrole nitrogens is 1. The molecule has 0 unspecified atom stereocenters. The highest BCUT2D eigenvalue weighted by Crippen LogP contribution is 2.20. The van der Waals surface area contributed by atoms with Crippen molar-refractivity contribution in [3.8, 4) is 0 Å². The molecule has 0 fully saturated rings. The lowest BCUT2D eigenvalue weighted by Crippen LogP contribution is -2.25. The van der Waals surface area contributed by atoms with Gasteiger partial charge in [-0.05, 0) is 24.6 Å². The van der Waals surface area contributed by atoms with E-state index in [1.165, 1.54) is 0 Å². The fraction of sp³-hybridized carbons (Fsp3) is 0.231. The van der Waals surface area contributed by atoms with Crippen LogP contribution < -0.4 is 5.32 Å². The summed E-state index contributed by atoms with van der Waals surface area (Å²) < 4.78 is 0. The fourth-order valence-corrected chi connectivity index (χ4v) is 2.16. The molecule has 100 valence electrons. The third-order valence-corrected chi connectivity index (χ3v) is 3.15. The molecule has 0 bridgehead atoms. The van der Waals surface area contributed by atoms with Crippen LogP contribution in [0.1, 0.15) is 22.6 Å². The number of nitrogens with zero attached hydrogens (tertiary/aromatic N) is 1. The Balaban J connectivity index is 1.81. The average Bonchev–Trinajstić information content (AvgIpc) is 2.87. The van der Waals surface area contributed by atoms with Crippen LogP contribution in [-0.4, -0.2) is 22.4 Å². The molecule has 0 aliphatic heterocycles. The van der Waals surface area contributed by atoms with Crippen LogP contribution in [0.3, 0.4) is 0 Å². The first-order valence-electron chi connectivity index (χ1n) is 5.88. The Kier molecular flexibility index (Phi) is 4.82. The maximum atomic E-state index is 11.9. The summed E-state index contributed by atoms with van der Waals surface area (Å²) in [5, 5.41) is 3.68. The molecule has 1 aromatic heterocycles. The van der Waals surface area contributed by atoms with E-state index in [1.807, 2.05) is 0 Å². The molecule has 0 aliphatic rings. The number of carbonyl (C=O) groups excluding carboxylic acids is 1. The second-order valence-electron chi connectivity index (χ2n) is 4.02. The van der Waals surface area contributed by atoms with Crippen LogP contribution in [0.2, 0.25) is 10.0 Å². The summed E-state index contributed by atoms with van der Waals surface area (Å²) in [6, 6.07) is 4.82. The Labute approximate surface area is 121 Å². The zero-order valence-electron chi connectivity index (χ0n) is 10.1. The lowest BCUT2D eigenvalue weighted by molar-refractivity contribution is 0.0953. The van der Waals surface area contributed by atoms with Gasteiger partial charge in [0.25, 0.3) is 5.91 Å². The second-order valence-corrected chi connectivity index (χ2v) is 4.86. The number of aryl methyl sites for hydroxylation is 1. The topological polar surface area (TPSA) is 57.8 Å². The van der Waals surface area contributed by atoms with Gasteiger partial charge in [-0.25, -0.2) is 4.98 Å². The van der Waals surface area contributed by atoms with Gasteiger partial charge in [0.15, 0.2) is 0 Å². The summed E-state index contributed by atoms with van der Waals surface area (Å²) >= 11 is 11.7. The van der Waals surface area contributed by atoms with Gasteiger partial charge in [0.1, 0.15) is 5.82 Å². The molecule has 1 amide bonds. The summed E-state index contributed by atoms with van der Waals surface area (Å²) in [6.45, 7) is 0.568. The molecule has 0 aliphatic carbocycles. The monoisotopic (exact) mass is 297 g/mol. The quantitative estimate of drug-likeness (QED) is 0.833. The van der Waals surface area contributed by atoms with E-state index in [1.54, 1.807) is 30.6 Å². The molecule has 2 rings (SSSR count). The predicted octanol–water partition coefficient (Wildman–Crippen LogP) is 3.08. The lowest BCUT2D eigenvalue weighted by Gasteiger charge is -2.06. The number of rotatable bonds is 5. The molecule has 2 aromatic rings. The van der Waals surface area contributed by atoms with E-state index in [9.17, 15) is 4.79 Å². The molecule has 19 heavy (non-hydrogen) atoms. The van der Waals surface area contributed by atoms with Crippen molar-refractivity contribution in [3.63, 3.8) is 0 Å². The van der Waals surface area contributed by atoms with Crippen LogP contribution in [-0.2, 0) is 6.42 Å². The Bertz CT molecular complexity index is 555. The average molecular weight is 298 g/mol. The minimum absolute atomic E-state index is 0.193. The Hall–Kier alpha value is -1.52. The van der Waals surface area contributed by atoms with Gasteiger partial charge in [0, 0.05) is 30.4 Å².